The third-order valence-electron chi connectivity index (χ3n) is 2.86. The Kier molecular flexibility index (Phi) is 4.88. The molecule has 114 valence electrons. The molecule has 0 aliphatic carbocycles. The van der Waals surface area contributed by atoms with Gasteiger partial charge in [-0.25, -0.2) is 4.79 Å². The number of nitrogens with one attached hydrogen (secondary N) is 1. The predicted octanol–water partition coefficient (Wildman–Crippen LogP) is 0.640. The van der Waals surface area contributed by atoms with Crippen LogP contribution in [0.15, 0.2) is 16.5 Å². The quantitative estimate of drug-likeness (QED) is 0.464. The second-order valence-electron chi connectivity index (χ2n) is 4.41. The molecule has 0 saturated carbocycles. The van der Waals surface area contributed by atoms with Gasteiger partial charge in [-0.1, -0.05) is 0 Å². The lowest BCUT2D eigenvalue weighted by Gasteiger charge is -2.10. The Morgan fingerprint density at radius 1 is 1.48 bits per heavy atom. The SMILES string of the molecule is O=C(COC(=O)c1ccc([N+](=O)[O-])o1)NC[C@@H]1CCCO1. The normalized spacial score (nSPS) is 17.4. The fraction of sp³-hybridized carbons (Fsp3) is 0.500. The number of hydrogen-bond acceptors (Lipinski definition) is 7. The minimum absolute atomic E-state index is 0.00243. The lowest BCUT2D eigenvalue weighted by molar-refractivity contribution is -0.402. The first kappa shape index (κ1) is 15.0. The van der Waals surface area contributed by atoms with E-state index in [2.05, 4.69) is 14.5 Å². The summed E-state index contributed by atoms with van der Waals surface area (Å²) in [6.07, 6.45) is 1.85. The molecule has 21 heavy (non-hydrogen) atoms. The highest BCUT2D eigenvalue weighted by Gasteiger charge is 2.20. The Morgan fingerprint density at radius 2 is 2.29 bits per heavy atom. The van der Waals surface area contributed by atoms with Crippen molar-refractivity contribution >= 4 is 17.8 Å². The maximum Gasteiger partial charge on any atom is 0.433 e. The van der Waals surface area contributed by atoms with E-state index in [0.29, 0.717) is 13.2 Å². The van der Waals surface area contributed by atoms with E-state index in [1.807, 2.05) is 0 Å². The second kappa shape index (κ2) is 6.84. The minimum Gasteiger partial charge on any atom is -0.450 e. The van der Waals surface area contributed by atoms with Gasteiger partial charge in [0.2, 0.25) is 5.76 Å². The number of furan rings is 1. The van der Waals surface area contributed by atoms with E-state index in [1.165, 1.54) is 0 Å². The maximum atomic E-state index is 11.5. The molecule has 9 nitrogen and oxygen atoms in total. The van der Waals surface area contributed by atoms with Crippen LogP contribution in [0, 0.1) is 10.1 Å². The Balaban J connectivity index is 1.72. The molecule has 1 aliphatic heterocycles. The summed E-state index contributed by atoms with van der Waals surface area (Å²) in [5.74, 6) is -2.30. The minimum atomic E-state index is -0.935. The smallest absolute Gasteiger partial charge is 0.433 e. The van der Waals surface area contributed by atoms with E-state index in [9.17, 15) is 19.7 Å². The maximum absolute atomic E-state index is 11.5. The number of hydrogen-bond donors (Lipinski definition) is 1. The average molecular weight is 298 g/mol. The van der Waals surface area contributed by atoms with E-state index in [4.69, 9.17) is 4.74 Å². The number of ether oxygens (including phenoxy) is 2. The number of carbonyl (C=O) groups excluding carboxylic acids is 2. The van der Waals surface area contributed by atoms with Gasteiger partial charge in [0.1, 0.15) is 4.92 Å². The lowest BCUT2D eigenvalue weighted by Crippen LogP contribution is -2.34. The number of carbonyl (C=O) groups is 2. The van der Waals surface area contributed by atoms with E-state index in [1.54, 1.807) is 0 Å². The summed E-state index contributed by atoms with van der Waals surface area (Å²) in [6.45, 7) is 0.565. The summed E-state index contributed by atoms with van der Waals surface area (Å²) >= 11 is 0. The van der Waals surface area contributed by atoms with Crippen LogP contribution >= 0.6 is 0 Å². The highest BCUT2D eigenvalue weighted by atomic mass is 16.7. The van der Waals surface area contributed by atoms with E-state index in [-0.39, 0.29) is 11.9 Å². The number of nitrogens with zero attached hydrogens (tertiary/aromatic N) is 1. The Hall–Kier alpha value is -2.42. The molecule has 1 fully saturated rings. The first-order valence-corrected chi connectivity index (χ1v) is 6.36. The van der Waals surface area contributed by atoms with Crippen molar-refractivity contribution in [1.82, 2.24) is 5.32 Å². The van der Waals surface area contributed by atoms with Crippen LogP contribution in [-0.4, -0.2) is 42.7 Å². The van der Waals surface area contributed by atoms with E-state index < -0.39 is 29.3 Å². The Bertz CT molecular complexity index is 533. The molecule has 1 atom stereocenters. The molecule has 1 aromatic rings. The molecular weight excluding hydrogens is 284 g/mol. The van der Waals surface area contributed by atoms with Crippen LogP contribution in [0.1, 0.15) is 23.4 Å². The van der Waals surface area contributed by atoms with Gasteiger partial charge in [-0.15, -0.1) is 0 Å². The van der Waals surface area contributed by atoms with Crippen molar-refractivity contribution in [2.45, 2.75) is 18.9 Å². The van der Waals surface area contributed by atoms with Crippen molar-refractivity contribution in [3.05, 3.63) is 28.0 Å². The fourth-order valence-electron chi connectivity index (χ4n) is 1.82. The van der Waals surface area contributed by atoms with Crippen molar-refractivity contribution in [2.24, 2.45) is 0 Å². The molecule has 0 unspecified atom stereocenters. The van der Waals surface area contributed by atoms with Crippen molar-refractivity contribution in [3.8, 4) is 0 Å². The molecule has 0 bridgehead atoms. The van der Waals surface area contributed by atoms with Gasteiger partial charge in [0.25, 0.3) is 5.91 Å². The van der Waals surface area contributed by atoms with Gasteiger partial charge in [-0.05, 0) is 18.9 Å². The van der Waals surface area contributed by atoms with Crippen LogP contribution < -0.4 is 5.32 Å². The summed E-state index contributed by atoms with van der Waals surface area (Å²) < 4.78 is 14.7. The van der Waals surface area contributed by atoms with Crippen LogP contribution in [0.5, 0.6) is 0 Å². The molecule has 0 aromatic carbocycles. The van der Waals surface area contributed by atoms with E-state index in [0.717, 1.165) is 25.0 Å². The third-order valence-corrected chi connectivity index (χ3v) is 2.86. The molecule has 0 radical (unpaired) electrons. The number of esters is 1. The topological polar surface area (TPSA) is 121 Å². The monoisotopic (exact) mass is 298 g/mol. The van der Waals surface area contributed by atoms with Gasteiger partial charge in [0.15, 0.2) is 6.61 Å². The fourth-order valence-corrected chi connectivity index (χ4v) is 1.82. The second-order valence-corrected chi connectivity index (χ2v) is 4.41. The van der Waals surface area contributed by atoms with Gasteiger partial charge in [-0.3, -0.25) is 14.9 Å². The largest absolute Gasteiger partial charge is 0.450 e. The Morgan fingerprint density at radius 3 is 2.90 bits per heavy atom. The Labute approximate surface area is 119 Å². The number of amides is 1. The lowest BCUT2D eigenvalue weighted by atomic mass is 10.2. The van der Waals surface area contributed by atoms with Crippen LogP contribution in [0.3, 0.4) is 0 Å². The molecule has 2 rings (SSSR count). The van der Waals surface area contributed by atoms with Crippen molar-refractivity contribution < 1.29 is 28.4 Å². The van der Waals surface area contributed by atoms with Crippen LogP contribution in [0.25, 0.3) is 0 Å². The predicted molar refractivity (Wildman–Crippen MR) is 67.6 cm³/mol. The zero-order valence-corrected chi connectivity index (χ0v) is 11.1. The summed E-state index contributed by atoms with van der Waals surface area (Å²) in [5.41, 5.74) is 0. The van der Waals surface area contributed by atoms with Gasteiger partial charge in [0.05, 0.1) is 12.2 Å². The molecule has 1 amide bonds. The molecule has 9 heteroatoms. The highest BCUT2D eigenvalue weighted by molar-refractivity contribution is 5.89. The van der Waals surface area contributed by atoms with Crippen LogP contribution in [-0.2, 0) is 14.3 Å². The first-order valence-electron chi connectivity index (χ1n) is 6.36. The van der Waals surface area contributed by atoms with Crippen molar-refractivity contribution in [2.75, 3.05) is 19.8 Å². The van der Waals surface area contributed by atoms with Crippen molar-refractivity contribution in [1.29, 1.82) is 0 Å². The zero-order valence-electron chi connectivity index (χ0n) is 11.1. The van der Waals surface area contributed by atoms with Gasteiger partial charge >= 0.3 is 11.9 Å². The summed E-state index contributed by atoms with van der Waals surface area (Å²) in [5, 5.41) is 13.0. The summed E-state index contributed by atoms with van der Waals surface area (Å²) in [4.78, 5) is 32.6. The highest BCUT2D eigenvalue weighted by Crippen LogP contribution is 2.16. The molecule has 1 saturated heterocycles. The average Bonchev–Trinajstić information content (AvgIpc) is 3.12. The van der Waals surface area contributed by atoms with Crippen LogP contribution in [0.4, 0.5) is 5.88 Å². The number of nitro groups is 1. The summed E-state index contributed by atoms with van der Waals surface area (Å²) in [7, 11) is 0. The van der Waals surface area contributed by atoms with Crippen molar-refractivity contribution in [3.63, 3.8) is 0 Å². The molecular formula is C12H14N2O7. The van der Waals surface area contributed by atoms with Gasteiger partial charge in [-0.2, -0.15) is 0 Å². The van der Waals surface area contributed by atoms with Gasteiger partial charge < -0.3 is 19.2 Å². The first-order chi connectivity index (χ1) is 10.1. The standard InChI is InChI=1S/C12H14N2O7/c15-10(13-6-8-2-1-5-19-8)7-20-12(16)9-3-4-11(21-9)14(17)18/h3-4,8H,1-2,5-7H2,(H,13,15)/t8-/m0/s1. The molecule has 2 heterocycles. The number of rotatable bonds is 6. The van der Waals surface area contributed by atoms with Gasteiger partial charge in [0, 0.05) is 13.2 Å². The molecule has 1 aromatic heterocycles. The summed E-state index contributed by atoms with van der Waals surface area (Å²) in [6, 6.07) is 2.15. The molecule has 1 aliphatic rings. The van der Waals surface area contributed by atoms with E-state index >= 15 is 0 Å². The third kappa shape index (κ3) is 4.28. The van der Waals surface area contributed by atoms with Crippen LogP contribution in [0.2, 0.25) is 0 Å². The zero-order chi connectivity index (χ0) is 15.2. The molecule has 0 spiro atoms. The molecule has 1 N–H and O–H groups in total.